The standard InChI is InChI=1S/C29H27ClF4N4O3/c1-29(28(39)35-14-19-15-37(10-11-40-19)18-4-5-18)26(24-8-9-25(30)41-24)27(20-6-2-16(31)12-21(20)33)36-38(29)23-7-3-17(32)13-22(23)34/h2-3,6-9,12-13,18-19,26H,4-5,10-11,14-15H2,1H3,(H,35,39). The summed E-state index contributed by atoms with van der Waals surface area (Å²) in [7, 11) is 0. The number of nitrogens with one attached hydrogen (secondary N) is 1. The smallest absolute Gasteiger partial charge is 0.249 e. The average Bonchev–Trinajstić information content (AvgIpc) is 3.64. The Labute approximate surface area is 238 Å². The summed E-state index contributed by atoms with van der Waals surface area (Å²) in [5.74, 6) is -5.13. The van der Waals surface area contributed by atoms with Crippen LogP contribution in [0.4, 0.5) is 23.2 Å². The molecule has 2 aromatic carbocycles. The number of hydrazone groups is 1. The molecule has 1 saturated heterocycles. The number of halogens is 5. The van der Waals surface area contributed by atoms with Gasteiger partial charge in [-0.3, -0.25) is 9.69 Å². The maximum absolute atomic E-state index is 15.2. The molecule has 12 heteroatoms. The number of morpholine rings is 1. The molecule has 1 aliphatic carbocycles. The van der Waals surface area contributed by atoms with Gasteiger partial charge in [-0.25, -0.2) is 22.6 Å². The molecule has 3 aliphatic rings. The predicted molar refractivity (Wildman–Crippen MR) is 144 cm³/mol. The van der Waals surface area contributed by atoms with E-state index in [9.17, 15) is 13.6 Å². The quantitative estimate of drug-likeness (QED) is 0.382. The Morgan fingerprint density at radius 1 is 1.07 bits per heavy atom. The van der Waals surface area contributed by atoms with Crippen molar-refractivity contribution in [2.24, 2.45) is 5.10 Å². The summed E-state index contributed by atoms with van der Waals surface area (Å²) in [5.41, 5.74) is -2.13. The molecule has 3 aromatic rings. The Bertz CT molecular complexity index is 1510. The van der Waals surface area contributed by atoms with Crippen LogP contribution in [0.3, 0.4) is 0 Å². The van der Waals surface area contributed by atoms with Crippen LogP contribution in [-0.4, -0.2) is 60.4 Å². The first-order valence-corrected chi connectivity index (χ1v) is 13.7. The molecule has 3 unspecified atom stereocenters. The van der Waals surface area contributed by atoms with Crippen molar-refractivity contribution in [2.75, 3.05) is 31.3 Å². The zero-order chi connectivity index (χ0) is 28.9. The van der Waals surface area contributed by atoms with Crippen LogP contribution in [0, 0.1) is 23.3 Å². The number of furan rings is 1. The van der Waals surface area contributed by atoms with Gasteiger partial charge in [0.1, 0.15) is 23.2 Å². The molecular formula is C29H27ClF4N4O3. The van der Waals surface area contributed by atoms with E-state index >= 15 is 8.78 Å². The fourth-order valence-electron chi connectivity index (χ4n) is 5.67. The highest BCUT2D eigenvalue weighted by Crippen LogP contribution is 2.46. The number of hydrogen-bond donors (Lipinski definition) is 1. The van der Waals surface area contributed by atoms with Crippen LogP contribution in [-0.2, 0) is 9.53 Å². The van der Waals surface area contributed by atoms with Crippen LogP contribution in [0.5, 0.6) is 0 Å². The maximum Gasteiger partial charge on any atom is 0.249 e. The van der Waals surface area contributed by atoms with E-state index in [4.69, 9.17) is 20.8 Å². The molecule has 1 aromatic heterocycles. The molecule has 2 aliphatic heterocycles. The fourth-order valence-corrected chi connectivity index (χ4v) is 5.82. The number of carbonyl (C=O) groups is 1. The van der Waals surface area contributed by atoms with E-state index in [0.717, 1.165) is 42.6 Å². The van der Waals surface area contributed by atoms with E-state index in [1.165, 1.54) is 25.1 Å². The lowest BCUT2D eigenvalue weighted by molar-refractivity contribution is -0.127. The van der Waals surface area contributed by atoms with Crippen molar-refractivity contribution >= 4 is 28.9 Å². The maximum atomic E-state index is 15.2. The predicted octanol–water partition coefficient (Wildman–Crippen LogP) is 5.24. The van der Waals surface area contributed by atoms with Crippen molar-refractivity contribution in [3.8, 4) is 0 Å². The zero-order valence-electron chi connectivity index (χ0n) is 22.0. The number of benzene rings is 2. The summed E-state index contributed by atoms with van der Waals surface area (Å²) in [6.45, 7) is 3.67. The second-order valence-electron chi connectivity index (χ2n) is 10.7. The van der Waals surface area contributed by atoms with Gasteiger partial charge in [-0.1, -0.05) is 0 Å². The lowest BCUT2D eigenvalue weighted by Gasteiger charge is -2.38. The molecule has 7 nitrogen and oxygen atoms in total. The highest BCUT2D eigenvalue weighted by atomic mass is 35.5. The van der Waals surface area contributed by atoms with Gasteiger partial charge in [-0.2, -0.15) is 5.10 Å². The van der Waals surface area contributed by atoms with Gasteiger partial charge in [0.15, 0.2) is 16.6 Å². The third-order valence-electron chi connectivity index (χ3n) is 7.89. The summed E-state index contributed by atoms with van der Waals surface area (Å²) in [5, 5.41) is 8.52. The number of hydrogen-bond acceptors (Lipinski definition) is 6. The summed E-state index contributed by atoms with van der Waals surface area (Å²) in [6.07, 6.45) is 2.01. The van der Waals surface area contributed by atoms with E-state index < -0.39 is 40.6 Å². The second-order valence-corrected chi connectivity index (χ2v) is 11.0. The summed E-state index contributed by atoms with van der Waals surface area (Å²) in [4.78, 5) is 16.5. The van der Waals surface area contributed by atoms with E-state index in [1.807, 2.05) is 0 Å². The van der Waals surface area contributed by atoms with Crippen LogP contribution in [0.25, 0.3) is 0 Å². The van der Waals surface area contributed by atoms with Gasteiger partial charge in [-0.05, 0) is 67.8 Å². The molecule has 0 spiro atoms. The fraction of sp³-hybridized carbons (Fsp3) is 0.379. The number of rotatable bonds is 7. The minimum Gasteiger partial charge on any atom is -0.449 e. The number of anilines is 1. The summed E-state index contributed by atoms with van der Waals surface area (Å²) in [6, 6.07) is 9.28. The Hall–Kier alpha value is -3.41. The number of ether oxygens (including phenoxy) is 1. The molecule has 3 atom stereocenters. The van der Waals surface area contributed by atoms with Crippen LogP contribution in [0.15, 0.2) is 58.0 Å². The Balaban J connectivity index is 1.41. The second kappa shape index (κ2) is 10.8. The molecule has 0 bridgehead atoms. The van der Waals surface area contributed by atoms with Gasteiger partial charge in [0, 0.05) is 43.4 Å². The minimum absolute atomic E-state index is 0.00359. The van der Waals surface area contributed by atoms with Gasteiger partial charge >= 0.3 is 0 Å². The SMILES string of the molecule is CC1(C(=O)NCC2CN(C3CC3)CCO2)C(c2ccc(Cl)o2)C(c2ccc(F)cc2F)=NN1c1ccc(F)cc1F. The summed E-state index contributed by atoms with van der Waals surface area (Å²) >= 11 is 6.09. The molecule has 6 rings (SSSR count). The van der Waals surface area contributed by atoms with Crippen molar-refractivity contribution < 1.29 is 31.5 Å². The first kappa shape index (κ1) is 27.7. The highest BCUT2D eigenvalue weighted by Gasteiger charge is 2.57. The van der Waals surface area contributed by atoms with E-state index in [2.05, 4.69) is 15.3 Å². The Morgan fingerprint density at radius 3 is 2.46 bits per heavy atom. The van der Waals surface area contributed by atoms with Gasteiger partial charge in [-0.15, -0.1) is 0 Å². The van der Waals surface area contributed by atoms with Crippen LogP contribution in [0.2, 0.25) is 5.22 Å². The average molecular weight is 591 g/mol. The normalized spacial score (nSPS) is 24.9. The van der Waals surface area contributed by atoms with Crippen molar-refractivity contribution in [2.45, 2.75) is 43.4 Å². The lowest BCUT2D eigenvalue weighted by Crippen LogP contribution is -2.59. The topological polar surface area (TPSA) is 70.3 Å². The molecule has 0 radical (unpaired) electrons. The lowest BCUT2D eigenvalue weighted by atomic mass is 9.78. The van der Waals surface area contributed by atoms with Crippen LogP contribution in [0.1, 0.15) is 37.0 Å². The number of amides is 1. The largest absolute Gasteiger partial charge is 0.449 e. The van der Waals surface area contributed by atoms with Crippen molar-refractivity contribution in [1.29, 1.82) is 0 Å². The molecule has 2 fully saturated rings. The third kappa shape index (κ3) is 5.22. The Kier molecular flexibility index (Phi) is 7.29. The molecule has 216 valence electrons. The van der Waals surface area contributed by atoms with Crippen molar-refractivity contribution in [3.63, 3.8) is 0 Å². The minimum atomic E-state index is -1.76. The van der Waals surface area contributed by atoms with Crippen LogP contribution < -0.4 is 10.3 Å². The first-order chi connectivity index (χ1) is 19.6. The molecule has 1 amide bonds. The zero-order valence-corrected chi connectivity index (χ0v) is 22.8. The molecule has 41 heavy (non-hydrogen) atoms. The molecule has 1 N–H and O–H groups in total. The van der Waals surface area contributed by atoms with E-state index in [0.29, 0.717) is 31.3 Å². The molecule has 3 heterocycles. The first-order valence-electron chi connectivity index (χ1n) is 13.3. The number of carbonyl (C=O) groups excluding carboxylic acids is 1. The van der Waals surface area contributed by atoms with E-state index in [1.54, 1.807) is 0 Å². The van der Waals surface area contributed by atoms with Gasteiger partial charge in [0.2, 0.25) is 5.91 Å². The highest BCUT2D eigenvalue weighted by molar-refractivity contribution is 6.28. The van der Waals surface area contributed by atoms with Gasteiger partial charge in [0.05, 0.1) is 30.0 Å². The number of nitrogens with zero attached hydrogens (tertiary/aromatic N) is 3. The monoisotopic (exact) mass is 590 g/mol. The molecule has 1 saturated carbocycles. The Morgan fingerprint density at radius 2 is 1.80 bits per heavy atom. The van der Waals surface area contributed by atoms with Crippen LogP contribution >= 0.6 is 11.6 Å². The van der Waals surface area contributed by atoms with Crippen molar-refractivity contribution in [3.05, 3.63) is 88.3 Å². The summed E-state index contributed by atoms with van der Waals surface area (Å²) < 4.78 is 69.7. The molecular weight excluding hydrogens is 564 g/mol. The van der Waals surface area contributed by atoms with Crippen molar-refractivity contribution in [1.82, 2.24) is 10.2 Å². The van der Waals surface area contributed by atoms with Gasteiger partial charge < -0.3 is 14.5 Å². The van der Waals surface area contributed by atoms with Gasteiger partial charge in [0.25, 0.3) is 0 Å². The van der Waals surface area contributed by atoms with E-state index in [-0.39, 0.29) is 40.6 Å². The third-order valence-corrected chi connectivity index (χ3v) is 8.09.